The van der Waals surface area contributed by atoms with Crippen molar-refractivity contribution in [1.29, 1.82) is 0 Å². The summed E-state index contributed by atoms with van der Waals surface area (Å²) in [5.74, 6) is 1.83. The summed E-state index contributed by atoms with van der Waals surface area (Å²) >= 11 is 0. The molecule has 1 aliphatic heterocycles. The Balaban J connectivity index is 2.20. The first-order valence-electron chi connectivity index (χ1n) is 5.81. The monoisotopic (exact) mass is 221 g/mol. The summed E-state index contributed by atoms with van der Waals surface area (Å²) in [7, 11) is 1.86. The van der Waals surface area contributed by atoms with Crippen LogP contribution in [0.25, 0.3) is 0 Å². The van der Waals surface area contributed by atoms with Gasteiger partial charge in [0.2, 0.25) is 0 Å². The molecule has 16 heavy (non-hydrogen) atoms. The summed E-state index contributed by atoms with van der Waals surface area (Å²) in [6, 6.07) is 2.40. The van der Waals surface area contributed by atoms with Crippen LogP contribution in [-0.2, 0) is 0 Å². The van der Waals surface area contributed by atoms with E-state index in [1.807, 2.05) is 13.1 Å². The minimum atomic E-state index is 0.424. The van der Waals surface area contributed by atoms with Crippen molar-refractivity contribution < 1.29 is 0 Å². The van der Waals surface area contributed by atoms with E-state index < -0.39 is 0 Å². The Morgan fingerprint density at radius 3 is 3.12 bits per heavy atom. The Morgan fingerprint density at radius 2 is 2.38 bits per heavy atom. The number of hydrogen-bond acceptors (Lipinski definition) is 5. The molecule has 0 amide bonds. The Hall–Kier alpha value is -1.36. The third-order valence-electron chi connectivity index (χ3n) is 3.10. The average Bonchev–Trinajstić information content (AvgIpc) is 2.38. The van der Waals surface area contributed by atoms with Crippen LogP contribution in [0.2, 0.25) is 0 Å². The van der Waals surface area contributed by atoms with Gasteiger partial charge >= 0.3 is 0 Å². The summed E-state index contributed by atoms with van der Waals surface area (Å²) in [6.45, 7) is 1.74. The van der Waals surface area contributed by atoms with Crippen LogP contribution in [0.4, 0.5) is 11.6 Å². The third kappa shape index (κ3) is 2.24. The molecule has 3 N–H and O–H groups in total. The van der Waals surface area contributed by atoms with Gasteiger partial charge in [-0.3, -0.25) is 0 Å². The highest BCUT2D eigenvalue weighted by Crippen LogP contribution is 2.23. The van der Waals surface area contributed by atoms with Crippen LogP contribution in [0.1, 0.15) is 19.3 Å². The van der Waals surface area contributed by atoms with Gasteiger partial charge in [-0.25, -0.2) is 9.97 Å². The van der Waals surface area contributed by atoms with Crippen molar-refractivity contribution in [1.82, 2.24) is 9.97 Å². The average molecular weight is 221 g/mol. The molecule has 0 spiro atoms. The molecule has 5 nitrogen and oxygen atoms in total. The Labute approximate surface area is 96.1 Å². The molecule has 1 aromatic heterocycles. The number of piperidine rings is 1. The standard InChI is InChI=1S/C11H19N5/c1-13-10-6-11(15-8-14-10)16-5-3-2-4-9(16)7-12/h6,8-9H,2-5,7,12H2,1H3,(H,13,14,15)/t9-/m0/s1. The number of hydrogen-bond donors (Lipinski definition) is 2. The fourth-order valence-electron chi connectivity index (χ4n) is 2.19. The topological polar surface area (TPSA) is 67.1 Å². The van der Waals surface area contributed by atoms with E-state index in [-0.39, 0.29) is 0 Å². The first kappa shape index (κ1) is 11.1. The zero-order valence-corrected chi connectivity index (χ0v) is 9.69. The number of anilines is 2. The maximum absolute atomic E-state index is 5.80. The van der Waals surface area contributed by atoms with Crippen molar-refractivity contribution >= 4 is 11.6 Å². The molecule has 1 saturated heterocycles. The third-order valence-corrected chi connectivity index (χ3v) is 3.10. The summed E-state index contributed by atoms with van der Waals surface area (Å²) in [5.41, 5.74) is 5.80. The van der Waals surface area contributed by atoms with Crippen LogP contribution in [0.15, 0.2) is 12.4 Å². The van der Waals surface area contributed by atoms with E-state index in [0.29, 0.717) is 12.6 Å². The van der Waals surface area contributed by atoms with E-state index in [9.17, 15) is 0 Å². The van der Waals surface area contributed by atoms with E-state index >= 15 is 0 Å². The Morgan fingerprint density at radius 1 is 1.50 bits per heavy atom. The largest absolute Gasteiger partial charge is 0.373 e. The summed E-state index contributed by atoms with van der Waals surface area (Å²) < 4.78 is 0. The van der Waals surface area contributed by atoms with Crippen molar-refractivity contribution in [2.24, 2.45) is 5.73 Å². The molecule has 1 aromatic rings. The van der Waals surface area contributed by atoms with Gasteiger partial charge in [-0.05, 0) is 19.3 Å². The minimum absolute atomic E-state index is 0.424. The fourth-order valence-corrected chi connectivity index (χ4v) is 2.19. The molecule has 1 aliphatic rings. The molecule has 1 atom stereocenters. The number of nitrogens with zero attached hydrogens (tertiary/aromatic N) is 3. The molecule has 88 valence electrons. The minimum Gasteiger partial charge on any atom is -0.373 e. The van der Waals surface area contributed by atoms with Crippen LogP contribution in [0, 0.1) is 0 Å². The first-order chi connectivity index (χ1) is 7.85. The highest BCUT2D eigenvalue weighted by Gasteiger charge is 2.22. The van der Waals surface area contributed by atoms with Gasteiger partial charge in [-0.2, -0.15) is 0 Å². The van der Waals surface area contributed by atoms with Crippen LogP contribution in [0.3, 0.4) is 0 Å². The maximum atomic E-state index is 5.80. The first-order valence-corrected chi connectivity index (χ1v) is 5.81. The number of nitrogens with one attached hydrogen (secondary N) is 1. The predicted molar refractivity (Wildman–Crippen MR) is 65.6 cm³/mol. The van der Waals surface area contributed by atoms with Gasteiger partial charge in [0.15, 0.2) is 0 Å². The number of aromatic nitrogens is 2. The molecule has 0 unspecified atom stereocenters. The van der Waals surface area contributed by atoms with E-state index in [1.54, 1.807) is 6.33 Å². The molecule has 0 bridgehead atoms. The number of nitrogens with two attached hydrogens (primary N) is 1. The van der Waals surface area contributed by atoms with Gasteiger partial charge in [0, 0.05) is 32.2 Å². The van der Waals surface area contributed by atoms with Crippen molar-refractivity contribution in [2.45, 2.75) is 25.3 Å². The Bertz CT molecular complexity index is 341. The summed E-state index contributed by atoms with van der Waals surface area (Å²) in [5, 5.41) is 3.03. The molecule has 5 heteroatoms. The van der Waals surface area contributed by atoms with Crippen molar-refractivity contribution in [2.75, 3.05) is 30.4 Å². The summed E-state index contributed by atoms with van der Waals surface area (Å²) in [6.07, 6.45) is 5.25. The highest BCUT2D eigenvalue weighted by atomic mass is 15.2. The molecular weight excluding hydrogens is 202 g/mol. The van der Waals surface area contributed by atoms with E-state index in [2.05, 4.69) is 20.2 Å². The second kappa shape index (κ2) is 5.12. The lowest BCUT2D eigenvalue weighted by Crippen LogP contribution is -2.44. The van der Waals surface area contributed by atoms with Gasteiger partial charge in [0.25, 0.3) is 0 Å². The van der Waals surface area contributed by atoms with E-state index in [4.69, 9.17) is 5.73 Å². The Kier molecular flexibility index (Phi) is 3.56. The molecule has 0 aromatic carbocycles. The van der Waals surface area contributed by atoms with Gasteiger partial charge in [-0.1, -0.05) is 0 Å². The van der Waals surface area contributed by atoms with Gasteiger partial charge in [-0.15, -0.1) is 0 Å². The van der Waals surface area contributed by atoms with Gasteiger partial charge < -0.3 is 16.0 Å². The molecule has 1 fully saturated rings. The lowest BCUT2D eigenvalue weighted by molar-refractivity contribution is 0.462. The zero-order chi connectivity index (χ0) is 11.4. The number of rotatable bonds is 3. The maximum Gasteiger partial charge on any atom is 0.134 e. The SMILES string of the molecule is CNc1cc(N2CCCC[C@H]2CN)ncn1. The van der Waals surface area contributed by atoms with Crippen molar-refractivity contribution in [3.63, 3.8) is 0 Å². The van der Waals surface area contributed by atoms with Crippen LogP contribution >= 0.6 is 0 Å². The molecule has 0 aliphatic carbocycles. The second-order valence-electron chi connectivity index (χ2n) is 4.09. The predicted octanol–water partition coefficient (Wildman–Crippen LogP) is 0.836. The van der Waals surface area contributed by atoms with E-state index in [0.717, 1.165) is 24.6 Å². The lowest BCUT2D eigenvalue weighted by atomic mass is 10.0. The molecule has 0 saturated carbocycles. The van der Waals surface area contributed by atoms with Crippen molar-refractivity contribution in [3.8, 4) is 0 Å². The summed E-state index contributed by atoms with van der Waals surface area (Å²) in [4.78, 5) is 10.7. The highest BCUT2D eigenvalue weighted by molar-refractivity contribution is 5.49. The van der Waals surface area contributed by atoms with Crippen LogP contribution < -0.4 is 16.0 Å². The molecular formula is C11H19N5. The molecule has 0 radical (unpaired) electrons. The molecule has 2 heterocycles. The normalized spacial score (nSPS) is 20.9. The van der Waals surface area contributed by atoms with Crippen LogP contribution in [0.5, 0.6) is 0 Å². The van der Waals surface area contributed by atoms with Crippen LogP contribution in [-0.4, -0.2) is 36.1 Å². The second-order valence-corrected chi connectivity index (χ2v) is 4.09. The molecule has 2 rings (SSSR count). The smallest absolute Gasteiger partial charge is 0.134 e. The van der Waals surface area contributed by atoms with Gasteiger partial charge in [0.1, 0.15) is 18.0 Å². The van der Waals surface area contributed by atoms with Gasteiger partial charge in [0.05, 0.1) is 0 Å². The van der Waals surface area contributed by atoms with E-state index in [1.165, 1.54) is 12.8 Å². The quantitative estimate of drug-likeness (QED) is 0.791. The zero-order valence-electron chi connectivity index (χ0n) is 9.69. The lowest BCUT2D eigenvalue weighted by Gasteiger charge is -2.35. The van der Waals surface area contributed by atoms with Crippen molar-refractivity contribution in [3.05, 3.63) is 12.4 Å². The fraction of sp³-hybridized carbons (Fsp3) is 0.636.